The molecule has 0 atom stereocenters. The first-order chi connectivity index (χ1) is 6.75. The van der Waals surface area contributed by atoms with Crippen LogP contribution in [0.5, 0.6) is 0 Å². The maximum atomic E-state index is 10.8. The number of hydrogen-bond donors (Lipinski definition) is 0. The van der Waals surface area contributed by atoms with E-state index in [1.807, 2.05) is 6.08 Å². The van der Waals surface area contributed by atoms with Crippen LogP contribution in [0.3, 0.4) is 0 Å². The van der Waals surface area contributed by atoms with Gasteiger partial charge in [-0.2, -0.15) is 0 Å². The molecule has 2 rings (SSSR count). The van der Waals surface area contributed by atoms with E-state index in [0.29, 0.717) is 5.92 Å². The van der Waals surface area contributed by atoms with Crippen molar-refractivity contribution in [1.82, 2.24) is 0 Å². The van der Waals surface area contributed by atoms with Crippen LogP contribution in [0.25, 0.3) is 0 Å². The van der Waals surface area contributed by atoms with Crippen LogP contribution in [0.2, 0.25) is 0 Å². The number of hydrogen-bond acceptors (Lipinski definition) is 1. The molecule has 1 nitrogen and oxygen atoms in total. The second-order valence-corrected chi connectivity index (χ2v) is 3.91. The molecule has 0 heterocycles. The quantitative estimate of drug-likeness (QED) is 0.649. The SMILES string of the molecule is CC(=O)/C=C/C1Cc2ccccc2C1. The third-order valence-corrected chi connectivity index (χ3v) is 2.69. The van der Waals surface area contributed by atoms with Crippen LogP contribution in [0.1, 0.15) is 18.1 Å². The highest BCUT2D eigenvalue weighted by Crippen LogP contribution is 2.26. The van der Waals surface area contributed by atoms with E-state index in [0.717, 1.165) is 12.8 Å². The number of rotatable bonds is 2. The first-order valence-electron chi connectivity index (χ1n) is 5.01. The Morgan fingerprint density at radius 3 is 2.36 bits per heavy atom. The Hall–Kier alpha value is -1.37. The van der Waals surface area contributed by atoms with E-state index in [1.54, 1.807) is 13.0 Å². The van der Waals surface area contributed by atoms with Crippen LogP contribution in [0.15, 0.2) is 36.4 Å². The summed E-state index contributed by atoms with van der Waals surface area (Å²) < 4.78 is 0. The molecule has 0 fully saturated rings. The number of allylic oxidation sites excluding steroid dienone is 2. The molecule has 1 aliphatic carbocycles. The molecule has 1 aromatic rings. The lowest BCUT2D eigenvalue weighted by Crippen LogP contribution is -1.95. The fraction of sp³-hybridized carbons (Fsp3) is 0.308. The van der Waals surface area contributed by atoms with Gasteiger partial charge in [-0.15, -0.1) is 0 Å². The van der Waals surface area contributed by atoms with Crippen molar-refractivity contribution in [3.63, 3.8) is 0 Å². The molecule has 0 radical (unpaired) electrons. The third kappa shape index (κ3) is 1.92. The molecule has 0 spiro atoms. The lowest BCUT2D eigenvalue weighted by molar-refractivity contribution is -0.112. The van der Waals surface area contributed by atoms with Crippen molar-refractivity contribution >= 4 is 5.78 Å². The lowest BCUT2D eigenvalue weighted by Gasteiger charge is -1.98. The first-order valence-corrected chi connectivity index (χ1v) is 5.01. The van der Waals surface area contributed by atoms with Gasteiger partial charge < -0.3 is 0 Å². The molecule has 0 amide bonds. The van der Waals surface area contributed by atoms with E-state index in [1.165, 1.54) is 11.1 Å². The summed E-state index contributed by atoms with van der Waals surface area (Å²) in [4.78, 5) is 10.8. The van der Waals surface area contributed by atoms with E-state index in [-0.39, 0.29) is 5.78 Å². The minimum Gasteiger partial charge on any atom is -0.295 e. The summed E-state index contributed by atoms with van der Waals surface area (Å²) in [6, 6.07) is 8.51. The molecule has 0 aliphatic heterocycles. The fourth-order valence-electron chi connectivity index (χ4n) is 2.00. The minimum absolute atomic E-state index is 0.140. The van der Waals surface area contributed by atoms with Gasteiger partial charge in [0.2, 0.25) is 0 Å². The lowest BCUT2D eigenvalue weighted by atomic mass is 10.1. The number of carbonyl (C=O) groups is 1. The largest absolute Gasteiger partial charge is 0.295 e. The second-order valence-electron chi connectivity index (χ2n) is 3.91. The van der Waals surface area contributed by atoms with Crippen LogP contribution in [0.4, 0.5) is 0 Å². The molecule has 1 heteroatoms. The number of benzene rings is 1. The molecule has 0 saturated carbocycles. The summed E-state index contributed by atoms with van der Waals surface area (Å²) in [5.74, 6) is 0.664. The maximum absolute atomic E-state index is 10.8. The molecular weight excluding hydrogens is 172 g/mol. The molecule has 0 aromatic heterocycles. The third-order valence-electron chi connectivity index (χ3n) is 2.69. The van der Waals surface area contributed by atoms with Crippen molar-refractivity contribution in [2.45, 2.75) is 19.8 Å². The number of carbonyl (C=O) groups excluding carboxylic acids is 1. The van der Waals surface area contributed by atoms with E-state index >= 15 is 0 Å². The monoisotopic (exact) mass is 186 g/mol. The van der Waals surface area contributed by atoms with Crippen molar-refractivity contribution in [3.05, 3.63) is 47.5 Å². The Morgan fingerprint density at radius 2 is 1.86 bits per heavy atom. The molecule has 0 unspecified atom stereocenters. The average Bonchev–Trinajstić information content (AvgIpc) is 2.57. The summed E-state index contributed by atoms with van der Waals surface area (Å²) >= 11 is 0. The van der Waals surface area contributed by atoms with Crippen molar-refractivity contribution in [1.29, 1.82) is 0 Å². The highest BCUT2D eigenvalue weighted by atomic mass is 16.1. The summed E-state index contributed by atoms with van der Waals surface area (Å²) in [7, 11) is 0. The summed E-state index contributed by atoms with van der Waals surface area (Å²) in [5, 5.41) is 0. The van der Waals surface area contributed by atoms with E-state index < -0.39 is 0 Å². The molecular formula is C13H14O. The van der Waals surface area contributed by atoms with E-state index in [4.69, 9.17) is 0 Å². The molecule has 72 valence electrons. The predicted molar refractivity (Wildman–Crippen MR) is 57.2 cm³/mol. The summed E-state index contributed by atoms with van der Waals surface area (Å²) in [6.07, 6.45) is 5.90. The second kappa shape index (κ2) is 3.79. The predicted octanol–water partition coefficient (Wildman–Crippen LogP) is 2.55. The van der Waals surface area contributed by atoms with Crippen LogP contribution < -0.4 is 0 Å². The van der Waals surface area contributed by atoms with Crippen molar-refractivity contribution < 1.29 is 4.79 Å². The van der Waals surface area contributed by atoms with E-state index in [2.05, 4.69) is 24.3 Å². The Balaban J connectivity index is 2.08. The Morgan fingerprint density at radius 1 is 1.29 bits per heavy atom. The van der Waals surface area contributed by atoms with Gasteiger partial charge >= 0.3 is 0 Å². The number of fused-ring (bicyclic) bond motifs is 1. The number of ketones is 1. The van der Waals surface area contributed by atoms with Gasteiger partial charge in [0.25, 0.3) is 0 Å². The maximum Gasteiger partial charge on any atom is 0.152 e. The molecule has 1 aromatic carbocycles. The zero-order valence-corrected chi connectivity index (χ0v) is 8.36. The van der Waals surface area contributed by atoms with Crippen molar-refractivity contribution in [2.24, 2.45) is 5.92 Å². The van der Waals surface area contributed by atoms with Gasteiger partial charge in [-0.25, -0.2) is 0 Å². The Kier molecular flexibility index (Phi) is 2.49. The highest BCUT2D eigenvalue weighted by Gasteiger charge is 2.18. The van der Waals surface area contributed by atoms with Gasteiger partial charge in [0, 0.05) is 0 Å². The van der Waals surface area contributed by atoms with Crippen LogP contribution in [-0.2, 0) is 17.6 Å². The summed E-state index contributed by atoms with van der Waals surface area (Å²) in [6.45, 7) is 1.60. The van der Waals surface area contributed by atoms with Gasteiger partial charge in [-0.1, -0.05) is 30.3 Å². The Bertz CT molecular complexity index is 352. The smallest absolute Gasteiger partial charge is 0.152 e. The van der Waals surface area contributed by atoms with Gasteiger partial charge in [0.1, 0.15) is 0 Å². The average molecular weight is 186 g/mol. The van der Waals surface area contributed by atoms with Crippen LogP contribution in [-0.4, -0.2) is 5.78 Å². The van der Waals surface area contributed by atoms with E-state index in [9.17, 15) is 4.79 Å². The van der Waals surface area contributed by atoms with Crippen molar-refractivity contribution in [3.8, 4) is 0 Å². The van der Waals surface area contributed by atoms with Crippen LogP contribution >= 0.6 is 0 Å². The minimum atomic E-state index is 0.140. The zero-order chi connectivity index (χ0) is 9.97. The zero-order valence-electron chi connectivity index (χ0n) is 8.36. The van der Waals surface area contributed by atoms with Gasteiger partial charge in [-0.05, 0) is 42.9 Å². The normalized spacial score (nSPS) is 16.1. The van der Waals surface area contributed by atoms with Gasteiger partial charge in [-0.3, -0.25) is 4.79 Å². The highest BCUT2D eigenvalue weighted by molar-refractivity contribution is 5.87. The van der Waals surface area contributed by atoms with Crippen molar-refractivity contribution in [2.75, 3.05) is 0 Å². The van der Waals surface area contributed by atoms with Crippen LogP contribution in [0, 0.1) is 5.92 Å². The topological polar surface area (TPSA) is 17.1 Å². The summed E-state index contributed by atoms with van der Waals surface area (Å²) in [5.41, 5.74) is 2.87. The van der Waals surface area contributed by atoms with Gasteiger partial charge in [0.15, 0.2) is 5.78 Å². The first kappa shape index (κ1) is 9.20. The Labute approximate surface area is 84.5 Å². The molecule has 0 N–H and O–H groups in total. The van der Waals surface area contributed by atoms with Gasteiger partial charge in [0.05, 0.1) is 0 Å². The fourth-order valence-corrected chi connectivity index (χ4v) is 2.00. The standard InChI is InChI=1S/C13H14O/c1-10(14)6-7-11-8-12-4-2-3-5-13(12)9-11/h2-7,11H,8-9H2,1H3/b7-6+. The molecule has 14 heavy (non-hydrogen) atoms. The molecule has 1 aliphatic rings. The molecule has 0 bridgehead atoms. The molecule has 0 saturated heterocycles.